The summed E-state index contributed by atoms with van der Waals surface area (Å²) in [7, 11) is 0. The molecule has 0 aliphatic rings. The number of aromatic nitrogens is 2. The second kappa shape index (κ2) is 7.08. The quantitative estimate of drug-likeness (QED) is 0.810. The molecule has 0 saturated carbocycles. The lowest BCUT2D eigenvalue weighted by molar-refractivity contribution is 0.486. The molecular weight excluding hydrogens is 258 g/mol. The minimum absolute atomic E-state index is 0.0461. The van der Waals surface area contributed by atoms with Crippen molar-refractivity contribution in [3.63, 3.8) is 0 Å². The van der Waals surface area contributed by atoms with Crippen LogP contribution in [0, 0.1) is 12.8 Å². The summed E-state index contributed by atoms with van der Waals surface area (Å²) in [5, 5.41) is 0. The van der Waals surface area contributed by atoms with Crippen molar-refractivity contribution in [2.24, 2.45) is 11.7 Å². The molecule has 2 N–H and O–H groups in total. The van der Waals surface area contributed by atoms with Gasteiger partial charge in [0.15, 0.2) is 0 Å². The van der Waals surface area contributed by atoms with E-state index in [9.17, 15) is 0 Å². The Labute approximate surface area is 128 Å². The summed E-state index contributed by atoms with van der Waals surface area (Å²) in [6, 6.07) is 6.56. The average molecular weight is 287 g/mol. The Balaban J connectivity index is 2.38. The maximum absolute atomic E-state index is 6.41. The van der Waals surface area contributed by atoms with Gasteiger partial charge in [0.1, 0.15) is 5.82 Å². The Morgan fingerprint density at radius 3 is 2.67 bits per heavy atom. The van der Waals surface area contributed by atoms with Crippen molar-refractivity contribution in [3.8, 4) is 0 Å². The van der Waals surface area contributed by atoms with Crippen LogP contribution in [0.2, 0.25) is 0 Å². The van der Waals surface area contributed by atoms with Crippen molar-refractivity contribution >= 4 is 11.0 Å². The van der Waals surface area contributed by atoms with Crippen LogP contribution in [0.25, 0.3) is 11.0 Å². The third-order valence-electron chi connectivity index (χ3n) is 4.06. The summed E-state index contributed by atoms with van der Waals surface area (Å²) >= 11 is 0. The number of benzene rings is 1. The van der Waals surface area contributed by atoms with Gasteiger partial charge in [0.05, 0.1) is 17.1 Å². The number of fused-ring (bicyclic) bond motifs is 1. The van der Waals surface area contributed by atoms with Gasteiger partial charge in [-0.25, -0.2) is 4.98 Å². The lowest BCUT2D eigenvalue weighted by Crippen LogP contribution is -2.17. The molecule has 0 aliphatic carbocycles. The van der Waals surface area contributed by atoms with E-state index >= 15 is 0 Å². The van der Waals surface area contributed by atoms with Gasteiger partial charge in [0, 0.05) is 6.54 Å². The van der Waals surface area contributed by atoms with E-state index in [0.717, 1.165) is 37.1 Å². The van der Waals surface area contributed by atoms with Crippen LogP contribution in [-0.2, 0) is 6.54 Å². The van der Waals surface area contributed by atoms with Gasteiger partial charge in [-0.05, 0) is 43.4 Å². The van der Waals surface area contributed by atoms with E-state index in [1.807, 2.05) is 0 Å². The molecule has 0 aliphatic heterocycles. The smallest absolute Gasteiger partial charge is 0.126 e. The Hall–Kier alpha value is -1.35. The zero-order valence-electron chi connectivity index (χ0n) is 13.9. The van der Waals surface area contributed by atoms with Crippen molar-refractivity contribution in [2.45, 2.75) is 66.0 Å². The van der Waals surface area contributed by atoms with Crippen molar-refractivity contribution < 1.29 is 0 Å². The number of imidazole rings is 1. The molecule has 2 rings (SSSR count). The van der Waals surface area contributed by atoms with E-state index in [1.165, 1.54) is 17.5 Å². The lowest BCUT2D eigenvalue weighted by Gasteiger charge is -2.15. The summed E-state index contributed by atoms with van der Waals surface area (Å²) < 4.78 is 2.34. The molecule has 21 heavy (non-hydrogen) atoms. The summed E-state index contributed by atoms with van der Waals surface area (Å²) in [6.45, 7) is 9.85. The molecule has 0 spiro atoms. The molecule has 3 heteroatoms. The molecule has 1 unspecified atom stereocenters. The minimum Gasteiger partial charge on any atom is -0.327 e. The highest BCUT2D eigenvalue weighted by molar-refractivity contribution is 5.77. The van der Waals surface area contributed by atoms with Gasteiger partial charge in [0.2, 0.25) is 0 Å². The Kier molecular flexibility index (Phi) is 5.40. The molecule has 0 amide bonds. The van der Waals surface area contributed by atoms with Crippen LogP contribution in [0.15, 0.2) is 18.2 Å². The maximum Gasteiger partial charge on any atom is 0.126 e. The normalized spacial score (nSPS) is 13.2. The zero-order valence-corrected chi connectivity index (χ0v) is 13.9. The third-order valence-corrected chi connectivity index (χ3v) is 4.06. The van der Waals surface area contributed by atoms with Crippen molar-refractivity contribution in [2.75, 3.05) is 0 Å². The van der Waals surface area contributed by atoms with Gasteiger partial charge in [-0.3, -0.25) is 0 Å². The van der Waals surface area contributed by atoms with Gasteiger partial charge in [-0.15, -0.1) is 0 Å². The number of unbranched alkanes of at least 4 members (excludes halogenated alkanes) is 1. The number of hydrogen-bond donors (Lipinski definition) is 1. The highest BCUT2D eigenvalue weighted by Gasteiger charge is 2.17. The highest BCUT2D eigenvalue weighted by Crippen LogP contribution is 2.24. The van der Waals surface area contributed by atoms with Crippen LogP contribution in [0.1, 0.15) is 63.9 Å². The fourth-order valence-electron chi connectivity index (χ4n) is 2.72. The number of aryl methyl sites for hydroxylation is 2. The first-order valence-electron chi connectivity index (χ1n) is 8.25. The minimum atomic E-state index is 0.0461. The van der Waals surface area contributed by atoms with E-state index in [-0.39, 0.29) is 6.04 Å². The van der Waals surface area contributed by atoms with Gasteiger partial charge in [-0.1, -0.05) is 39.7 Å². The first-order valence-corrected chi connectivity index (χ1v) is 8.25. The summed E-state index contributed by atoms with van der Waals surface area (Å²) in [6.07, 6.45) is 4.51. The topological polar surface area (TPSA) is 43.8 Å². The largest absolute Gasteiger partial charge is 0.327 e. The Morgan fingerprint density at radius 2 is 2.00 bits per heavy atom. The predicted octanol–water partition coefficient (Wildman–Crippen LogP) is 4.58. The van der Waals surface area contributed by atoms with Crippen LogP contribution < -0.4 is 5.73 Å². The van der Waals surface area contributed by atoms with Crippen molar-refractivity contribution in [3.05, 3.63) is 29.6 Å². The second-order valence-corrected chi connectivity index (χ2v) is 6.55. The average Bonchev–Trinajstić information content (AvgIpc) is 2.80. The van der Waals surface area contributed by atoms with Crippen LogP contribution in [-0.4, -0.2) is 9.55 Å². The molecule has 0 radical (unpaired) electrons. The lowest BCUT2D eigenvalue weighted by atomic mass is 10.1. The molecule has 116 valence electrons. The van der Waals surface area contributed by atoms with Gasteiger partial charge in [0.25, 0.3) is 0 Å². The fraction of sp³-hybridized carbons (Fsp3) is 0.611. The number of hydrogen-bond acceptors (Lipinski definition) is 2. The maximum atomic E-state index is 6.41. The molecular formula is C18H29N3. The zero-order chi connectivity index (χ0) is 15.4. The first-order chi connectivity index (χ1) is 10.0. The Bertz CT molecular complexity index is 583. The van der Waals surface area contributed by atoms with Crippen LogP contribution in [0.4, 0.5) is 0 Å². The van der Waals surface area contributed by atoms with Crippen molar-refractivity contribution in [1.82, 2.24) is 9.55 Å². The SMILES string of the molecule is CCCCC(N)c1nc2cc(C)ccc2n1CCC(C)C. The standard InChI is InChI=1S/C18H29N3/c1-5-6-7-15(19)18-20-16-12-14(4)8-9-17(16)21(18)11-10-13(2)3/h8-9,12-13,15H,5-7,10-11,19H2,1-4H3. The van der Waals surface area contributed by atoms with E-state index in [4.69, 9.17) is 10.7 Å². The second-order valence-electron chi connectivity index (χ2n) is 6.55. The molecule has 3 nitrogen and oxygen atoms in total. The van der Waals surface area contributed by atoms with Gasteiger partial charge < -0.3 is 10.3 Å². The van der Waals surface area contributed by atoms with Crippen LogP contribution in [0.5, 0.6) is 0 Å². The summed E-state index contributed by atoms with van der Waals surface area (Å²) in [4.78, 5) is 4.84. The monoisotopic (exact) mass is 287 g/mol. The van der Waals surface area contributed by atoms with Gasteiger partial charge >= 0.3 is 0 Å². The van der Waals surface area contributed by atoms with E-state index < -0.39 is 0 Å². The molecule has 0 saturated heterocycles. The molecule has 2 aromatic rings. The van der Waals surface area contributed by atoms with Gasteiger partial charge in [-0.2, -0.15) is 0 Å². The predicted molar refractivity (Wildman–Crippen MR) is 90.4 cm³/mol. The van der Waals surface area contributed by atoms with E-state index in [1.54, 1.807) is 0 Å². The summed E-state index contributed by atoms with van der Waals surface area (Å²) in [5.74, 6) is 1.75. The van der Waals surface area contributed by atoms with Crippen molar-refractivity contribution in [1.29, 1.82) is 0 Å². The van der Waals surface area contributed by atoms with Crippen LogP contribution >= 0.6 is 0 Å². The third kappa shape index (κ3) is 3.85. The van der Waals surface area contributed by atoms with E-state index in [2.05, 4.69) is 50.5 Å². The fourth-order valence-corrected chi connectivity index (χ4v) is 2.72. The highest BCUT2D eigenvalue weighted by atomic mass is 15.1. The van der Waals surface area contributed by atoms with E-state index in [0.29, 0.717) is 5.92 Å². The molecule has 1 atom stereocenters. The number of rotatable bonds is 7. The van der Waals surface area contributed by atoms with Crippen LogP contribution in [0.3, 0.4) is 0 Å². The molecule has 0 bridgehead atoms. The first kappa shape index (κ1) is 16.0. The molecule has 0 fully saturated rings. The summed E-state index contributed by atoms with van der Waals surface area (Å²) in [5.41, 5.74) is 9.97. The number of nitrogens with two attached hydrogens (primary N) is 1. The number of nitrogens with zero attached hydrogens (tertiary/aromatic N) is 2. The molecule has 1 aromatic carbocycles. The molecule has 1 aromatic heterocycles. The molecule has 1 heterocycles. The Morgan fingerprint density at radius 1 is 1.24 bits per heavy atom.